The van der Waals surface area contributed by atoms with Gasteiger partial charge in [0.2, 0.25) is 0 Å². The van der Waals surface area contributed by atoms with E-state index in [-0.39, 0.29) is 11.7 Å². The van der Waals surface area contributed by atoms with Crippen LogP contribution in [-0.4, -0.2) is 5.78 Å². The van der Waals surface area contributed by atoms with Gasteiger partial charge in [0.15, 0.2) is 5.78 Å². The molecule has 1 heterocycles. The van der Waals surface area contributed by atoms with Gasteiger partial charge in [-0.15, -0.1) is 11.3 Å². The van der Waals surface area contributed by atoms with Crippen LogP contribution >= 0.6 is 11.3 Å². The summed E-state index contributed by atoms with van der Waals surface area (Å²) in [5, 5.41) is 2.06. The van der Waals surface area contributed by atoms with Crippen molar-refractivity contribution in [2.75, 3.05) is 0 Å². The van der Waals surface area contributed by atoms with Crippen molar-refractivity contribution in [1.82, 2.24) is 0 Å². The Balaban J connectivity index is 1.84. The highest BCUT2D eigenvalue weighted by atomic mass is 32.1. The molecule has 1 aliphatic carbocycles. The van der Waals surface area contributed by atoms with E-state index < -0.39 is 0 Å². The highest BCUT2D eigenvalue weighted by molar-refractivity contribution is 7.10. The molecule has 0 spiro atoms. The molecule has 1 aliphatic rings. The number of thiophene rings is 1. The highest BCUT2D eigenvalue weighted by Gasteiger charge is 2.29. The first-order chi connectivity index (χ1) is 9.75. The van der Waals surface area contributed by atoms with E-state index in [0.29, 0.717) is 0 Å². The minimum Gasteiger partial charge on any atom is -0.289 e. The Hall–Kier alpha value is -1.93. The van der Waals surface area contributed by atoms with Crippen LogP contribution in [0.5, 0.6) is 0 Å². The summed E-state index contributed by atoms with van der Waals surface area (Å²) in [5.74, 6) is 0.328. The largest absolute Gasteiger partial charge is 0.289 e. The average molecular weight is 280 g/mol. The lowest BCUT2D eigenvalue weighted by atomic mass is 9.80. The molecule has 1 aromatic carbocycles. The summed E-state index contributed by atoms with van der Waals surface area (Å²) in [6.45, 7) is 4.04. The molecule has 100 valence electrons. The van der Waals surface area contributed by atoms with Gasteiger partial charge in [0, 0.05) is 21.9 Å². The van der Waals surface area contributed by atoms with E-state index in [1.165, 1.54) is 4.88 Å². The van der Waals surface area contributed by atoms with Gasteiger partial charge in [0.25, 0.3) is 0 Å². The zero-order valence-electron chi connectivity index (χ0n) is 11.2. The lowest BCUT2D eigenvalue weighted by Gasteiger charge is -2.24. The Kier molecular flexibility index (Phi) is 3.66. The van der Waals surface area contributed by atoms with Gasteiger partial charge in [-0.1, -0.05) is 43.0 Å². The molecule has 1 aromatic heterocycles. The summed E-state index contributed by atoms with van der Waals surface area (Å²) in [6, 6.07) is 14.1. The molecule has 1 saturated carbocycles. The maximum absolute atomic E-state index is 12.5. The van der Waals surface area contributed by atoms with Gasteiger partial charge in [0.05, 0.1) is 0 Å². The molecule has 3 rings (SSSR count). The van der Waals surface area contributed by atoms with Crippen LogP contribution in [0.3, 0.4) is 0 Å². The number of hydrogen-bond acceptors (Lipinski definition) is 2. The maximum Gasteiger partial charge on any atom is 0.185 e. The molecule has 0 saturated heterocycles. The zero-order chi connectivity index (χ0) is 13.9. The number of Topliss-reactive ketones (excluding diaryl/α,β-unsaturated/α-hetero) is 1. The van der Waals surface area contributed by atoms with Gasteiger partial charge in [-0.25, -0.2) is 0 Å². The van der Waals surface area contributed by atoms with Crippen LogP contribution in [0.15, 0.2) is 65.6 Å². The number of carbonyl (C=O) groups excluding carboxylic acids is 1. The number of ketones is 1. The van der Waals surface area contributed by atoms with Gasteiger partial charge < -0.3 is 0 Å². The molecule has 0 bridgehead atoms. The van der Waals surface area contributed by atoms with Crippen molar-refractivity contribution in [2.24, 2.45) is 0 Å². The first kappa shape index (κ1) is 13.1. The summed E-state index contributed by atoms with van der Waals surface area (Å²) in [5.41, 5.74) is 2.70. The molecule has 0 N–H and O–H groups in total. The molecular formula is C18H16OS. The van der Waals surface area contributed by atoms with Crippen LogP contribution in [0.25, 0.3) is 6.08 Å². The molecular weight excluding hydrogens is 264 g/mol. The quantitative estimate of drug-likeness (QED) is 0.720. The highest BCUT2D eigenvalue weighted by Crippen LogP contribution is 2.39. The lowest BCUT2D eigenvalue weighted by molar-refractivity contribution is -0.113. The summed E-state index contributed by atoms with van der Waals surface area (Å²) >= 11 is 1.71. The first-order valence-electron chi connectivity index (χ1n) is 6.78. The summed E-state index contributed by atoms with van der Waals surface area (Å²) in [7, 11) is 0. The van der Waals surface area contributed by atoms with Gasteiger partial charge in [-0.3, -0.25) is 4.79 Å². The molecule has 2 aromatic rings. The van der Waals surface area contributed by atoms with Crippen LogP contribution in [0, 0.1) is 0 Å². The SMILES string of the molecule is C=C1C(=O)C(=Cc2ccccc2)CCC1c1cccs1. The standard InChI is InChI=1S/C18H16OS/c1-13-16(17-8-5-11-20-17)10-9-15(18(13)19)12-14-6-3-2-4-7-14/h2-8,11-12,16H,1,9-10H2. The van der Waals surface area contributed by atoms with E-state index in [9.17, 15) is 4.79 Å². The molecule has 1 atom stereocenters. The molecule has 20 heavy (non-hydrogen) atoms. The van der Waals surface area contributed by atoms with Crippen LogP contribution in [-0.2, 0) is 4.79 Å². The fraction of sp³-hybridized carbons (Fsp3) is 0.167. The Labute approximate surface area is 123 Å². The third-order valence-electron chi connectivity index (χ3n) is 3.73. The van der Waals surface area contributed by atoms with Gasteiger partial charge in [0.1, 0.15) is 0 Å². The number of benzene rings is 1. The van der Waals surface area contributed by atoms with Crippen molar-refractivity contribution in [2.45, 2.75) is 18.8 Å². The third kappa shape index (κ3) is 2.52. The predicted molar refractivity (Wildman–Crippen MR) is 84.9 cm³/mol. The van der Waals surface area contributed by atoms with Crippen molar-refractivity contribution >= 4 is 23.2 Å². The van der Waals surface area contributed by atoms with E-state index in [4.69, 9.17) is 0 Å². The van der Waals surface area contributed by atoms with Crippen LogP contribution in [0.1, 0.15) is 29.2 Å². The molecule has 1 unspecified atom stereocenters. The van der Waals surface area contributed by atoms with E-state index in [1.54, 1.807) is 11.3 Å². The zero-order valence-corrected chi connectivity index (χ0v) is 12.0. The number of hydrogen-bond donors (Lipinski definition) is 0. The summed E-state index contributed by atoms with van der Waals surface area (Å²) in [4.78, 5) is 13.7. The molecule has 2 heteroatoms. The monoisotopic (exact) mass is 280 g/mol. The minimum atomic E-state index is 0.124. The first-order valence-corrected chi connectivity index (χ1v) is 7.66. The Morgan fingerprint density at radius 2 is 1.95 bits per heavy atom. The van der Waals surface area contributed by atoms with Crippen LogP contribution < -0.4 is 0 Å². The van der Waals surface area contributed by atoms with E-state index in [1.807, 2.05) is 42.5 Å². The van der Waals surface area contributed by atoms with Crippen molar-refractivity contribution in [1.29, 1.82) is 0 Å². The second kappa shape index (κ2) is 5.59. The Morgan fingerprint density at radius 1 is 1.15 bits per heavy atom. The fourth-order valence-corrected chi connectivity index (χ4v) is 3.54. The van der Waals surface area contributed by atoms with Gasteiger partial charge in [-0.05, 0) is 35.9 Å². The van der Waals surface area contributed by atoms with Crippen molar-refractivity contribution < 1.29 is 4.79 Å². The van der Waals surface area contributed by atoms with Crippen LogP contribution in [0.4, 0.5) is 0 Å². The lowest BCUT2D eigenvalue weighted by Crippen LogP contribution is -2.18. The van der Waals surface area contributed by atoms with Crippen molar-refractivity contribution in [3.8, 4) is 0 Å². The van der Waals surface area contributed by atoms with Crippen LogP contribution in [0.2, 0.25) is 0 Å². The number of allylic oxidation sites excluding steroid dienone is 2. The van der Waals surface area contributed by atoms with Gasteiger partial charge >= 0.3 is 0 Å². The third-order valence-corrected chi connectivity index (χ3v) is 4.72. The second-order valence-electron chi connectivity index (χ2n) is 5.04. The topological polar surface area (TPSA) is 17.1 Å². The molecule has 0 aliphatic heterocycles. The fourth-order valence-electron chi connectivity index (χ4n) is 2.64. The minimum absolute atomic E-state index is 0.124. The average Bonchev–Trinajstić information content (AvgIpc) is 2.99. The predicted octanol–water partition coefficient (Wildman–Crippen LogP) is 4.83. The summed E-state index contributed by atoms with van der Waals surface area (Å²) < 4.78 is 0. The molecule has 0 radical (unpaired) electrons. The summed E-state index contributed by atoms with van der Waals surface area (Å²) in [6.07, 6.45) is 3.80. The number of rotatable bonds is 2. The van der Waals surface area contributed by atoms with Crippen molar-refractivity contribution in [3.63, 3.8) is 0 Å². The Morgan fingerprint density at radius 3 is 2.65 bits per heavy atom. The Bertz CT molecular complexity index is 650. The smallest absolute Gasteiger partial charge is 0.185 e. The van der Waals surface area contributed by atoms with E-state index >= 15 is 0 Å². The molecule has 1 fully saturated rings. The van der Waals surface area contributed by atoms with E-state index in [2.05, 4.69) is 18.0 Å². The van der Waals surface area contributed by atoms with Crippen molar-refractivity contribution in [3.05, 3.63) is 76.0 Å². The molecule has 0 amide bonds. The normalized spacial score (nSPS) is 21.4. The van der Waals surface area contributed by atoms with Gasteiger partial charge in [-0.2, -0.15) is 0 Å². The number of carbonyl (C=O) groups is 1. The van der Waals surface area contributed by atoms with E-state index in [0.717, 1.165) is 29.6 Å². The second-order valence-corrected chi connectivity index (χ2v) is 6.02. The molecule has 1 nitrogen and oxygen atoms in total. The maximum atomic E-state index is 12.5.